The molecule has 53 heavy (non-hydrogen) atoms. The smallest absolute Gasteiger partial charge is 0.0640 e. The Kier molecular flexibility index (Phi) is 7.12. The first-order chi connectivity index (χ1) is 26.3. The number of thiophene rings is 3. The second-order valence-corrected chi connectivity index (χ2v) is 16.5. The van der Waals surface area contributed by atoms with Crippen molar-refractivity contribution in [2.24, 2.45) is 0 Å². The molecule has 250 valence electrons. The summed E-state index contributed by atoms with van der Waals surface area (Å²) in [6.45, 7) is 0. The van der Waals surface area contributed by atoms with E-state index in [0.717, 1.165) is 22.7 Å². The quantitative estimate of drug-likeness (QED) is 0.168. The molecule has 0 bridgehead atoms. The molecule has 0 radical (unpaired) electrons. The van der Waals surface area contributed by atoms with E-state index in [1.165, 1.54) is 71.9 Å². The van der Waals surface area contributed by atoms with Gasteiger partial charge in [0, 0.05) is 78.6 Å². The van der Waals surface area contributed by atoms with Crippen molar-refractivity contribution >= 4 is 129 Å². The maximum Gasteiger partial charge on any atom is 0.0640 e. The first-order valence-corrected chi connectivity index (χ1v) is 20.2. The van der Waals surface area contributed by atoms with Crippen molar-refractivity contribution in [3.05, 3.63) is 182 Å². The number of rotatable bonds is 6. The van der Waals surface area contributed by atoms with E-state index in [9.17, 15) is 0 Å². The Morgan fingerprint density at radius 3 is 1.55 bits per heavy atom. The zero-order valence-corrected chi connectivity index (χ0v) is 30.9. The highest BCUT2D eigenvalue weighted by Crippen LogP contribution is 2.50. The van der Waals surface area contributed by atoms with Crippen molar-refractivity contribution < 1.29 is 0 Å². The van der Waals surface area contributed by atoms with Gasteiger partial charge in [-0.15, -0.1) is 34.0 Å². The van der Waals surface area contributed by atoms with Gasteiger partial charge in [-0.05, 0) is 84.9 Å². The average Bonchev–Trinajstić information content (AvgIpc) is 3.91. The number of para-hydroxylation sites is 2. The standard InChI is InChI=1S/C48H30N2S3/c1-3-13-31(14-4-1)49(32-15-5-2-6-16-32)40-20-12-24-45-47(40)38-19-11-21-41(48(38)53-45)50(33-26-28-44-39(29-33)36-18-8-10-23-43(36)51-44)34-25-27-37-35-17-7-9-22-42(35)52-46(37)30-34/h1-30H. The number of fused-ring (bicyclic) bond motifs is 9. The van der Waals surface area contributed by atoms with Crippen molar-refractivity contribution in [2.75, 3.05) is 9.80 Å². The van der Waals surface area contributed by atoms with E-state index >= 15 is 0 Å². The fraction of sp³-hybridized carbons (Fsp3) is 0. The summed E-state index contributed by atoms with van der Waals surface area (Å²) >= 11 is 5.61. The van der Waals surface area contributed by atoms with Crippen LogP contribution in [0.25, 0.3) is 60.5 Å². The molecular weight excluding hydrogens is 701 g/mol. The minimum Gasteiger partial charge on any atom is -0.310 e. The summed E-state index contributed by atoms with van der Waals surface area (Å²) in [6, 6.07) is 66.6. The van der Waals surface area contributed by atoms with Crippen molar-refractivity contribution in [1.29, 1.82) is 0 Å². The molecule has 0 saturated carbocycles. The van der Waals surface area contributed by atoms with Crippen molar-refractivity contribution in [1.82, 2.24) is 0 Å². The van der Waals surface area contributed by atoms with Crippen LogP contribution in [0.15, 0.2) is 182 Å². The summed E-state index contributed by atoms with van der Waals surface area (Å²) in [5.74, 6) is 0. The monoisotopic (exact) mass is 730 g/mol. The lowest BCUT2D eigenvalue weighted by molar-refractivity contribution is 1.30. The van der Waals surface area contributed by atoms with Crippen molar-refractivity contribution in [3.8, 4) is 0 Å². The van der Waals surface area contributed by atoms with Crippen LogP contribution in [0, 0.1) is 0 Å². The Balaban J connectivity index is 1.17. The molecule has 11 rings (SSSR count). The van der Waals surface area contributed by atoms with E-state index in [1.807, 2.05) is 34.0 Å². The number of hydrogen-bond acceptors (Lipinski definition) is 5. The molecule has 3 aromatic heterocycles. The molecule has 11 aromatic rings. The lowest BCUT2D eigenvalue weighted by atomic mass is 10.1. The van der Waals surface area contributed by atoms with Crippen molar-refractivity contribution in [3.63, 3.8) is 0 Å². The molecule has 0 N–H and O–H groups in total. The first kappa shape index (κ1) is 30.6. The third kappa shape index (κ3) is 4.96. The van der Waals surface area contributed by atoms with E-state index in [0.29, 0.717) is 0 Å². The molecule has 0 fully saturated rings. The van der Waals surface area contributed by atoms with Crippen molar-refractivity contribution in [2.45, 2.75) is 0 Å². The molecule has 0 aliphatic carbocycles. The molecule has 0 atom stereocenters. The summed E-state index contributed by atoms with van der Waals surface area (Å²) in [5.41, 5.74) is 6.94. The molecule has 2 nitrogen and oxygen atoms in total. The predicted molar refractivity (Wildman–Crippen MR) is 234 cm³/mol. The van der Waals surface area contributed by atoms with Gasteiger partial charge in [0.1, 0.15) is 0 Å². The molecule has 0 spiro atoms. The van der Waals surface area contributed by atoms with Crippen LogP contribution < -0.4 is 9.80 Å². The van der Waals surface area contributed by atoms with Gasteiger partial charge in [-0.25, -0.2) is 0 Å². The van der Waals surface area contributed by atoms with E-state index < -0.39 is 0 Å². The molecule has 8 aromatic carbocycles. The molecule has 0 aliphatic rings. The molecule has 0 unspecified atom stereocenters. The van der Waals surface area contributed by atoms with Gasteiger partial charge in [0.2, 0.25) is 0 Å². The second-order valence-electron chi connectivity index (χ2n) is 13.3. The van der Waals surface area contributed by atoms with Gasteiger partial charge in [-0.3, -0.25) is 0 Å². The first-order valence-electron chi connectivity index (χ1n) is 17.8. The van der Waals surface area contributed by atoms with Crippen LogP contribution in [0.5, 0.6) is 0 Å². The Morgan fingerprint density at radius 1 is 0.283 bits per heavy atom. The lowest BCUT2D eigenvalue weighted by Crippen LogP contribution is -2.10. The Labute approximate surface area is 318 Å². The summed E-state index contributed by atoms with van der Waals surface area (Å²) < 4.78 is 7.77. The minimum absolute atomic E-state index is 1.14. The fourth-order valence-corrected chi connectivity index (χ4v) is 11.3. The van der Waals surface area contributed by atoms with E-state index in [1.54, 1.807) is 0 Å². The highest BCUT2D eigenvalue weighted by atomic mass is 32.1. The van der Waals surface area contributed by atoms with Crippen LogP contribution in [0.1, 0.15) is 0 Å². The zero-order chi connectivity index (χ0) is 34.9. The second kappa shape index (κ2) is 12.3. The molecule has 0 aliphatic heterocycles. The van der Waals surface area contributed by atoms with Gasteiger partial charge < -0.3 is 9.80 Å². The molecule has 0 amide bonds. The van der Waals surface area contributed by atoms with E-state index in [2.05, 4.69) is 192 Å². The Bertz CT molecular complexity index is 3100. The number of anilines is 6. The van der Waals surface area contributed by atoms with Crippen LogP contribution in [0.4, 0.5) is 34.1 Å². The summed E-state index contributed by atoms with van der Waals surface area (Å²) in [7, 11) is 0. The van der Waals surface area contributed by atoms with Crippen LogP contribution in [-0.4, -0.2) is 0 Å². The Hall–Kier alpha value is -5.98. The maximum absolute atomic E-state index is 2.49. The van der Waals surface area contributed by atoms with Gasteiger partial charge in [0.05, 0.1) is 16.1 Å². The van der Waals surface area contributed by atoms with Crippen LogP contribution in [-0.2, 0) is 0 Å². The summed E-state index contributed by atoms with van der Waals surface area (Å²) in [6.07, 6.45) is 0. The van der Waals surface area contributed by atoms with Crippen LogP contribution in [0.3, 0.4) is 0 Å². The zero-order valence-electron chi connectivity index (χ0n) is 28.4. The largest absolute Gasteiger partial charge is 0.310 e. The van der Waals surface area contributed by atoms with E-state index in [-0.39, 0.29) is 0 Å². The number of nitrogens with zero attached hydrogens (tertiary/aromatic N) is 2. The third-order valence-corrected chi connectivity index (χ3v) is 13.7. The molecule has 5 heteroatoms. The fourth-order valence-electron chi connectivity index (χ4n) is 7.89. The molecule has 3 heterocycles. The van der Waals surface area contributed by atoms with Gasteiger partial charge in [0.25, 0.3) is 0 Å². The summed E-state index contributed by atoms with van der Waals surface area (Å²) in [5, 5.41) is 7.74. The summed E-state index contributed by atoms with van der Waals surface area (Å²) in [4.78, 5) is 4.88. The highest BCUT2D eigenvalue weighted by molar-refractivity contribution is 7.27. The van der Waals surface area contributed by atoms with Gasteiger partial charge in [-0.2, -0.15) is 0 Å². The molecule has 0 saturated heterocycles. The van der Waals surface area contributed by atoms with Crippen LogP contribution >= 0.6 is 34.0 Å². The SMILES string of the molecule is c1ccc(N(c2ccccc2)c2cccc3sc4c(N(c5ccc6c(c5)sc5ccccc56)c5ccc6sc7ccccc7c6c5)cccc4c23)cc1. The lowest BCUT2D eigenvalue weighted by Gasteiger charge is -2.27. The topological polar surface area (TPSA) is 6.48 Å². The maximum atomic E-state index is 2.49. The highest BCUT2D eigenvalue weighted by Gasteiger charge is 2.23. The van der Waals surface area contributed by atoms with Gasteiger partial charge >= 0.3 is 0 Å². The van der Waals surface area contributed by atoms with E-state index in [4.69, 9.17) is 0 Å². The minimum atomic E-state index is 1.14. The average molecular weight is 731 g/mol. The predicted octanol–water partition coefficient (Wildman–Crippen LogP) is 15.7. The van der Waals surface area contributed by atoms with Gasteiger partial charge in [-0.1, -0.05) is 97.1 Å². The van der Waals surface area contributed by atoms with Crippen LogP contribution in [0.2, 0.25) is 0 Å². The Morgan fingerprint density at radius 2 is 0.792 bits per heavy atom. The third-order valence-electron chi connectivity index (χ3n) is 10.2. The molecular formula is C48H30N2S3. The van der Waals surface area contributed by atoms with Gasteiger partial charge in [0.15, 0.2) is 0 Å². The number of benzene rings is 8. The normalized spacial score (nSPS) is 11.8. The number of hydrogen-bond donors (Lipinski definition) is 0.